The third-order valence-corrected chi connectivity index (χ3v) is 4.54. The second kappa shape index (κ2) is 8.02. The number of aromatic nitrogens is 1. The monoisotopic (exact) mass is 384 g/mol. The zero-order valence-electron chi connectivity index (χ0n) is 16.2. The summed E-state index contributed by atoms with van der Waals surface area (Å²) in [7, 11) is 1.62. The number of amides is 1. The van der Waals surface area contributed by atoms with Crippen molar-refractivity contribution < 1.29 is 13.9 Å². The van der Waals surface area contributed by atoms with Gasteiger partial charge in [0.05, 0.1) is 18.9 Å². The summed E-state index contributed by atoms with van der Waals surface area (Å²) in [4.78, 5) is 17.3. The largest absolute Gasteiger partial charge is 0.497 e. The summed E-state index contributed by atoms with van der Waals surface area (Å²) in [5.41, 5.74) is 3.80. The van der Waals surface area contributed by atoms with Gasteiger partial charge in [-0.2, -0.15) is 0 Å². The molecule has 3 aromatic carbocycles. The number of methoxy groups -OCH3 is 1. The van der Waals surface area contributed by atoms with Crippen molar-refractivity contribution in [3.8, 4) is 28.5 Å². The number of carbonyl (C=O) groups is 1. The molecule has 0 aliphatic carbocycles. The third-order valence-electron chi connectivity index (χ3n) is 4.54. The molecule has 1 heterocycles. The van der Waals surface area contributed by atoms with Gasteiger partial charge in [0, 0.05) is 16.8 Å². The molecular formula is C24H20N2O3. The second-order valence-corrected chi connectivity index (χ2v) is 6.63. The molecule has 0 unspecified atom stereocenters. The minimum atomic E-state index is -0.215. The van der Waals surface area contributed by atoms with Crippen molar-refractivity contribution in [3.63, 3.8) is 0 Å². The van der Waals surface area contributed by atoms with Crippen molar-refractivity contribution >= 4 is 11.6 Å². The number of hydrogen-bond donors (Lipinski definition) is 1. The lowest BCUT2D eigenvalue weighted by molar-refractivity contribution is 0.102. The summed E-state index contributed by atoms with van der Waals surface area (Å²) < 4.78 is 11.2. The van der Waals surface area contributed by atoms with Crippen LogP contribution in [0.4, 0.5) is 5.69 Å². The van der Waals surface area contributed by atoms with Crippen LogP contribution in [-0.2, 0) is 0 Å². The molecule has 0 bridgehead atoms. The average Bonchev–Trinajstić information content (AvgIpc) is 3.24. The zero-order chi connectivity index (χ0) is 20.2. The van der Waals surface area contributed by atoms with E-state index in [9.17, 15) is 4.79 Å². The smallest absolute Gasteiger partial charge is 0.256 e. The molecule has 5 nitrogen and oxygen atoms in total. The lowest BCUT2D eigenvalue weighted by Gasteiger charge is -2.09. The Morgan fingerprint density at radius 1 is 1.00 bits per heavy atom. The van der Waals surface area contributed by atoms with Crippen molar-refractivity contribution in [2.24, 2.45) is 0 Å². The number of anilines is 1. The predicted molar refractivity (Wildman–Crippen MR) is 113 cm³/mol. The summed E-state index contributed by atoms with van der Waals surface area (Å²) in [6.45, 7) is 1.98. The molecule has 0 spiro atoms. The first-order valence-electron chi connectivity index (χ1n) is 9.22. The topological polar surface area (TPSA) is 64.4 Å². The molecule has 0 radical (unpaired) electrons. The van der Waals surface area contributed by atoms with Crippen LogP contribution < -0.4 is 10.1 Å². The van der Waals surface area contributed by atoms with Gasteiger partial charge in [-0.1, -0.05) is 36.4 Å². The Morgan fingerprint density at radius 3 is 2.66 bits per heavy atom. The van der Waals surface area contributed by atoms with E-state index in [1.54, 1.807) is 19.4 Å². The first-order chi connectivity index (χ1) is 14.1. The Bertz CT molecular complexity index is 1160. The predicted octanol–water partition coefficient (Wildman–Crippen LogP) is 5.58. The first-order valence-corrected chi connectivity index (χ1v) is 9.22. The standard InChI is InChI=1S/C24H20N2O3/c1-16-7-5-9-18(13-16)26-23(27)20-11-3-4-12-21(20)24-25-15-22(29-24)17-8-6-10-19(14-17)28-2/h3-15H,1-2H3,(H,26,27). The molecule has 5 heteroatoms. The van der Waals surface area contributed by atoms with Crippen LogP contribution in [0, 0.1) is 6.92 Å². The number of oxazole rings is 1. The fourth-order valence-corrected chi connectivity index (χ4v) is 3.10. The van der Waals surface area contributed by atoms with Crippen LogP contribution in [0.15, 0.2) is 83.4 Å². The van der Waals surface area contributed by atoms with Gasteiger partial charge in [-0.15, -0.1) is 0 Å². The Morgan fingerprint density at radius 2 is 1.83 bits per heavy atom. The highest BCUT2D eigenvalue weighted by Gasteiger charge is 2.17. The highest BCUT2D eigenvalue weighted by molar-refractivity contribution is 6.08. The van der Waals surface area contributed by atoms with E-state index in [1.807, 2.05) is 73.7 Å². The van der Waals surface area contributed by atoms with E-state index >= 15 is 0 Å². The third kappa shape index (κ3) is 4.04. The lowest BCUT2D eigenvalue weighted by Crippen LogP contribution is -2.13. The molecule has 1 amide bonds. The van der Waals surface area contributed by atoms with Gasteiger partial charge in [-0.3, -0.25) is 4.79 Å². The van der Waals surface area contributed by atoms with Gasteiger partial charge in [0.25, 0.3) is 5.91 Å². The summed E-state index contributed by atoms with van der Waals surface area (Å²) >= 11 is 0. The summed E-state index contributed by atoms with van der Waals surface area (Å²) in [6, 6.07) is 22.5. The second-order valence-electron chi connectivity index (χ2n) is 6.63. The molecule has 0 atom stereocenters. The van der Waals surface area contributed by atoms with Crippen LogP contribution in [0.5, 0.6) is 5.75 Å². The molecule has 29 heavy (non-hydrogen) atoms. The van der Waals surface area contributed by atoms with Crippen molar-refractivity contribution in [3.05, 3.63) is 90.1 Å². The van der Waals surface area contributed by atoms with Gasteiger partial charge in [0.15, 0.2) is 5.76 Å². The minimum Gasteiger partial charge on any atom is -0.497 e. The summed E-state index contributed by atoms with van der Waals surface area (Å²) in [5, 5.41) is 2.94. The fourth-order valence-electron chi connectivity index (χ4n) is 3.10. The van der Waals surface area contributed by atoms with Crippen molar-refractivity contribution in [1.82, 2.24) is 4.98 Å². The number of benzene rings is 3. The SMILES string of the molecule is COc1cccc(-c2cnc(-c3ccccc3C(=O)Nc3cccc(C)c3)o2)c1. The molecular weight excluding hydrogens is 364 g/mol. The molecule has 0 saturated carbocycles. The number of nitrogens with zero attached hydrogens (tertiary/aromatic N) is 1. The zero-order valence-corrected chi connectivity index (χ0v) is 16.2. The van der Waals surface area contributed by atoms with Crippen LogP contribution in [0.2, 0.25) is 0 Å². The van der Waals surface area contributed by atoms with Gasteiger partial charge in [-0.25, -0.2) is 4.98 Å². The number of nitrogens with one attached hydrogen (secondary N) is 1. The first kappa shape index (κ1) is 18.5. The average molecular weight is 384 g/mol. The Labute approximate surface area is 169 Å². The van der Waals surface area contributed by atoms with Crippen LogP contribution in [0.25, 0.3) is 22.8 Å². The van der Waals surface area contributed by atoms with E-state index in [-0.39, 0.29) is 5.91 Å². The molecule has 0 fully saturated rings. The van der Waals surface area contributed by atoms with Gasteiger partial charge in [0.2, 0.25) is 5.89 Å². The molecule has 4 aromatic rings. The van der Waals surface area contributed by atoms with E-state index < -0.39 is 0 Å². The Hall–Kier alpha value is -3.86. The van der Waals surface area contributed by atoms with E-state index in [2.05, 4.69) is 10.3 Å². The summed E-state index contributed by atoms with van der Waals surface area (Å²) in [6.07, 6.45) is 1.65. The van der Waals surface area contributed by atoms with Gasteiger partial charge >= 0.3 is 0 Å². The van der Waals surface area contributed by atoms with E-state index in [1.165, 1.54) is 0 Å². The Kier molecular flexibility index (Phi) is 5.12. The normalized spacial score (nSPS) is 10.6. The molecule has 1 N–H and O–H groups in total. The number of hydrogen-bond acceptors (Lipinski definition) is 4. The highest BCUT2D eigenvalue weighted by Crippen LogP contribution is 2.30. The maximum Gasteiger partial charge on any atom is 0.256 e. The Balaban J connectivity index is 1.65. The molecule has 0 saturated heterocycles. The minimum absolute atomic E-state index is 0.215. The number of rotatable bonds is 5. The molecule has 1 aromatic heterocycles. The number of carbonyl (C=O) groups excluding carboxylic acids is 1. The summed E-state index contributed by atoms with van der Waals surface area (Å²) in [5.74, 6) is 1.51. The van der Waals surface area contributed by atoms with Crippen molar-refractivity contribution in [1.29, 1.82) is 0 Å². The molecule has 144 valence electrons. The highest BCUT2D eigenvalue weighted by atomic mass is 16.5. The van der Waals surface area contributed by atoms with Crippen molar-refractivity contribution in [2.45, 2.75) is 6.92 Å². The van der Waals surface area contributed by atoms with Gasteiger partial charge in [0.1, 0.15) is 5.75 Å². The maximum absolute atomic E-state index is 12.9. The van der Waals surface area contributed by atoms with Crippen LogP contribution in [0.1, 0.15) is 15.9 Å². The van der Waals surface area contributed by atoms with Crippen LogP contribution >= 0.6 is 0 Å². The van der Waals surface area contributed by atoms with Crippen LogP contribution in [-0.4, -0.2) is 18.0 Å². The van der Waals surface area contributed by atoms with E-state index in [4.69, 9.17) is 9.15 Å². The van der Waals surface area contributed by atoms with E-state index in [0.717, 1.165) is 22.6 Å². The molecule has 0 aliphatic heterocycles. The van der Waals surface area contributed by atoms with Crippen molar-refractivity contribution in [2.75, 3.05) is 12.4 Å². The molecule has 4 rings (SSSR count). The maximum atomic E-state index is 12.9. The fraction of sp³-hybridized carbons (Fsp3) is 0.0833. The number of ether oxygens (including phenoxy) is 1. The number of aryl methyl sites for hydroxylation is 1. The molecule has 0 aliphatic rings. The lowest BCUT2D eigenvalue weighted by atomic mass is 10.1. The quantitative estimate of drug-likeness (QED) is 0.488. The van der Waals surface area contributed by atoms with Gasteiger partial charge in [-0.05, 0) is 48.9 Å². The van der Waals surface area contributed by atoms with E-state index in [0.29, 0.717) is 22.8 Å². The van der Waals surface area contributed by atoms with Gasteiger partial charge < -0.3 is 14.5 Å². The van der Waals surface area contributed by atoms with Crippen LogP contribution in [0.3, 0.4) is 0 Å².